The number of aromatic nitrogens is 2. The largest absolute Gasteiger partial charge is 0.573 e. The van der Waals surface area contributed by atoms with Gasteiger partial charge in [0.25, 0.3) is 5.56 Å². The number of anilines is 2. The van der Waals surface area contributed by atoms with Crippen LogP contribution < -0.4 is 20.9 Å². The average Bonchev–Trinajstić information content (AvgIpc) is 2.75. The van der Waals surface area contributed by atoms with Gasteiger partial charge in [-0.1, -0.05) is 18.2 Å². The molecular formula is C23H17F3N4O3. The lowest BCUT2D eigenvalue weighted by atomic mass is 10.2. The van der Waals surface area contributed by atoms with E-state index in [4.69, 9.17) is 0 Å². The number of carbonyl (C=O) groups is 1. The van der Waals surface area contributed by atoms with E-state index in [1.807, 2.05) is 18.2 Å². The summed E-state index contributed by atoms with van der Waals surface area (Å²) in [5.41, 5.74) is 1.47. The highest BCUT2D eigenvalue weighted by atomic mass is 19.4. The first-order valence-corrected chi connectivity index (χ1v) is 9.72. The van der Waals surface area contributed by atoms with Crippen LogP contribution in [0.2, 0.25) is 0 Å². The number of alkyl halides is 3. The van der Waals surface area contributed by atoms with Gasteiger partial charge in [0.2, 0.25) is 0 Å². The van der Waals surface area contributed by atoms with Crippen molar-refractivity contribution < 1.29 is 22.7 Å². The number of fused-ring (bicyclic) bond motifs is 1. The van der Waals surface area contributed by atoms with Crippen molar-refractivity contribution in [2.24, 2.45) is 0 Å². The maximum Gasteiger partial charge on any atom is 0.573 e. The Labute approximate surface area is 185 Å². The fourth-order valence-electron chi connectivity index (χ4n) is 3.29. The van der Waals surface area contributed by atoms with E-state index in [2.05, 4.69) is 20.4 Å². The highest BCUT2D eigenvalue weighted by molar-refractivity contribution is 6.00. The highest BCUT2D eigenvalue weighted by Gasteiger charge is 2.30. The Bertz CT molecular complexity index is 1370. The number of rotatable bonds is 4. The van der Waals surface area contributed by atoms with Crippen molar-refractivity contribution in [1.29, 1.82) is 0 Å². The summed E-state index contributed by atoms with van der Waals surface area (Å²) in [7, 11) is 0. The molecule has 0 saturated carbocycles. The van der Waals surface area contributed by atoms with E-state index in [1.165, 1.54) is 22.8 Å². The van der Waals surface area contributed by atoms with Crippen LogP contribution in [0.25, 0.3) is 16.6 Å². The molecule has 0 saturated heterocycles. The Kier molecular flexibility index (Phi) is 5.74. The number of halogens is 3. The average molecular weight is 454 g/mol. The van der Waals surface area contributed by atoms with E-state index >= 15 is 0 Å². The minimum absolute atomic E-state index is 0.256. The summed E-state index contributed by atoms with van der Waals surface area (Å²) in [6.07, 6.45) is -4.80. The predicted octanol–water partition coefficient (Wildman–Crippen LogP) is 5.24. The molecule has 4 aromatic rings. The molecule has 0 bridgehead atoms. The zero-order valence-corrected chi connectivity index (χ0v) is 17.2. The number of benzene rings is 3. The lowest BCUT2D eigenvalue weighted by Gasteiger charge is -2.12. The Morgan fingerprint density at radius 1 is 0.939 bits per heavy atom. The van der Waals surface area contributed by atoms with Crippen LogP contribution in [0.15, 0.2) is 77.6 Å². The number of urea groups is 1. The van der Waals surface area contributed by atoms with E-state index in [0.717, 1.165) is 12.1 Å². The molecule has 168 valence electrons. The SMILES string of the molecule is Cc1nc2ccc(NC(=O)Nc3ccc(OC(F)(F)F)cc3)cc2c(=O)n1-c1ccccc1. The van der Waals surface area contributed by atoms with Crippen molar-refractivity contribution in [3.63, 3.8) is 0 Å². The number of hydrogen-bond donors (Lipinski definition) is 2. The van der Waals surface area contributed by atoms with Crippen molar-refractivity contribution in [3.05, 3.63) is 89.0 Å². The fourth-order valence-corrected chi connectivity index (χ4v) is 3.29. The maximum atomic E-state index is 13.1. The Hall–Kier alpha value is -4.34. The molecule has 0 aliphatic heterocycles. The van der Waals surface area contributed by atoms with E-state index in [-0.39, 0.29) is 11.2 Å². The van der Waals surface area contributed by atoms with Crippen molar-refractivity contribution in [1.82, 2.24) is 9.55 Å². The summed E-state index contributed by atoms with van der Waals surface area (Å²) >= 11 is 0. The van der Waals surface area contributed by atoms with Gasteiger partial charge in [-0.05, 0) is 61.5 Å². The third-order valence-corrected chi connectivity index (χ3v) is 4.65. The van der Waals surface area contributed by atoms with Gasteiger partial charge in [-0.2, -0.15) is 0 Å². The molecule has 7 nitrogen and oxygen atoms in total. The molecule has 0 fully saturated rings. The van der Waals surface area contributed by atoms with Gasteiger partial charge in [0.05, 0.1) is 16.6 Å². The third-order valence-electron chi connectivity index (χ3n) is 4.65. The highest BCUT2D eigenvalue weighted by Crippen LogP contribution is 2.24. The van der Waals surface area contributed by atoms with Gasteiger partial charge < -0.3 is 15.4 Å². The molecule has 0 aliphatic carbocycles. The monoisotopic (exact) mass is 454 g/mol. The van der Waals surface area contributed by atoms with E-state index in [0.29, 0.717) is 28.1 Å². The smallest absolute Gasteiger partial charge is 0.406 e. The quantitative estimate of drug-likeness (QED) is 0.442. The van der Waals surface area contributed by atoms with Crippen LogP contribution in [0.5, 0.6) is 5.75 Å². The summed E-state index contributed by atoms with van der Waals surface area (Å²) in [6, 6.07) is 17.9. The minimum Gasteiger partial charge on any atom is -0.406 e. The summed E-state index contributed by atoms with van der Waals surface area (Å²) < 4.78 is 42.0. The number of nitrogens with one attached hydrogen (secondary N) is 2. The first-order valence-electron chi connectivity index (χ1n) is 9.72. The molecule has 1 aromatic heterocycles. The van der Waals surface area contributed by atoms with Gasteiger partial charge in [-0.15, -0.1) is 13.2 Å². The van der Waals surface area contributed by atoms with Gasteiger partial charge >= 0.3 is 12.4 Å². The summed E-state index contributed by atoms with van der Waals surface area (Å²) in [5, 5.41) is 5.42. The molecule has 2 N–H and O–H groups in total. The third kappa shape index (κ3) is 5.12. The molecule has 0 radical (unpaired) electrons. The fraction of sp³-hybridized carbons (Fsp3) is 0.0870. The van der Waals surface area contributed by atoms with Crippen LogP contribution >= 0.6 is 0 Å². The molecule has 1 heterocycles. The number of ether oxygens (including phenoxy) is 1. The number of para-hydroxylation sites is 1. The van der Waals surface area contributed by atoms with Crippen LogP contribution in [0.4, 0.5) is 29.3 Å². The Balaban J connectivity index is 1.54. The molecule has 2 amide bonds. The Morgan fingerprint density at radius 3 is 2.24 bits per heavy atom. The van der Waals surface area contributed by atoms with Crippen LogP contribution in [0, 0.1) is 6.92 Å². The van der Waals surface area contributed by atoms with Crippen molar-refractivity contribution in [2.45, 2.75) is 13.3 Å². The molecule has 0 spiro atoms. The molecule has 3 aromatic carbocycles. The summed E-state index contributed by atoms with van der Waals surface area (Å²) in [4.78, 5) is 29.9. The van der Waals surface area contributed by atoms with Gasteiger partial charge in [0.1, 0.15) is 11.6 Å². The second-order valence-electron chi connectivity index (χ2n) is 7.02. The normalized spacial score (nSPS) is 11.3. The van der Waals surface area contributed by atoms with Crippen molar-refractivity contribution in [2.75, 3.05) is 10.6 Å². The van der Waals surface area contributed by atoms with Crippen LogP contribution in [-0.2, 0) is 0 Å². The lowest BCUT2D eigenvalue weighted by Crippen LogP contribution is -2.23. The van der Waals surface area contributed by atoms with Crippen molar-refractivity contribution >= 4 is 28.3 Å². The second kappa shape index (κ2) is 8.65. The van der Waals surface area contributed by atoms with E-state index in [1.54, 1.807) is 31.2 Å². The molecule has 0 atom stereocenters. The van der Waals surface area contributed by atoms with Gasteiger partial charge in [0.15, 0.2) is 0 Å². The summed E-state index contributed by atoms with van der Waals surface area (Å²) in [5.74, 6) is 0.121. The van der Waals surface area contributed by atoms with Gasteiger partial charge in [0, 0.05) is 11.4 Å². The van der Waals surface area contributed by atoms with Gasteiger partial charge in [-0.3, -0.25) is 9.36 Å². The zero-order valence-electron chi connectivity index (χ0n) is 17.2. The number of hydrogen-bond acceptors (Lipinski definition) is 4. The zero-order chi connectivity index (χ0) is 23.6. The number of aryl methyl sites for hydroxylation is 1. The van der Waals surface area contributed by atoms with Crippen molar-refractivity contribution in [3.8, 4) is 11.4 Å². The molecule has 0 aliphatic rings. The number of carbonyl (C=O) groups excluding carboxylic acids is 1. The van der Waals surface area contributed by atoms with Crippen LogP contribution in [0.1, 0.15) is 5.82 Å². The van der Waals surface area contributed by atoms with Crippen LogP contribution in [-0.4, -0.2) is 21.9 Å². The number of nitrogens with zero attached hydrogens (tertiary/aromatic N) is 2. The Morgan fingerprint density at radius 2 is 1.58 bits per heavy atom. The molecule has 0 unspecified atom stereocenters. The first-order chi connectivity index (χ1) is 15.7. The molecular weight excluding hydrogens is 437 g/mol. The lowest BCUT2D eigenvalue weighted by molar-refractivity contribution is -0.274. The van der Waals surface area contributed by atoms with E-state index in [9.17, 15) is 22.8 Å². The maximum absolute atomic E-state index is 13.1. The van der Waals surface area contributed by atoms with Gasteiger partial charge in [-0.25, -0.2) is 9.78 Å². The van der Waals surface area contributed by atoms with Crippen LogP contribution in [0.3, 0.4) is 0 Å². The van der Waals surface area contributed by atoms with E-state index < -0.39 is 18.1 Å². The first kappa shape index (κ1) is 21.9. The molecule has 10 heteroatoms. The topological polar surface area (TPSA) is 85.2 Å². The molecule has 33 heavy (non-hydrogen) atoms. The number of amides is 2. The summed E-state index contributed by atoms with van der Waals surface area (Å²) in [6.45, 7) is 1.73. The second-order valence-corrected chi connectivity index (χ2v) is 7.02. The standard InChI is InChI=1S/C23H17F3N4O3/c1-14-27-20-12-9-16(13-19(20)21(31)30(14)17-5-3-2-4-6-17)29-22(32)28-15-7-10-18(11-8-15)33-23(24,25)26/h2-13H,1H3,(H2,28,29,32). The minimum atomic E-state index is -4.80. The molecule has 4 rings (SSSR count). The predicted molar refractivity (Wildman–Crippen MR) is 118 cm³/mol.